The molecule has 3 aromatic rings. The Hall–Kier alpha value is -4.49. The first-order valence-corrected chi connectivity index (χ1v) is 13.3. The first kappa shape index (κ1) is 30.7. The minimum absolute atomic E-state index is 0.0962. The average molecular weight is 549 g/mol. The van der Waals surface area contributed by atoms with E-state index in [9.17, 15) is 14.4 Å². The number of nitrogens with zero attached hydrogens (tertiary/aromatic N) is 1. The SMILES string of the molecule is COC(=O)CCCCSC.COc1cccc(C(=O)Nc2cccc(C#Cc3cc(C(N)=O)cnc3N)c2)c1. The number of aromatic nitrogens is 1. The molecule has 39 heavy (non-hydrogen) atoms. The molecule has 0 radical (unpaired) electrons. The first-order chi connectivity index (χ1) is 18.8. The number of carbonyl (C=O) groups is 3. The van der Waals surface area contributed by atoms with Crippen LogP contribution in [0.25, 0.3) is 0 Å². The predicted octanol–water partition coefficient (Wildman–Crippen LogP) is 4.12. The number of pyridine rings is 1. The van der Waals surface area contributed by atoms with E-state index in [0.717, 1.165) is 18.6 Å². The van der Waals surface area contributed by atoms with E-state index in [0.29, 0.717) is 34.5 Å². The van der Waals surface area contributed by atoms with Gasteiger partial charge in [0.05, 0.1) is 25.3 Å². The number of anilines is 2. The molecule has 204 valence electrons. The van der Waals surface area contributed by atoms with Crippen molar-refractivity contribution < 1.29 is 23.9 Å². The van der Waals surface area contributed by atoms with Crippen LogP contribution in [0.4, 0.5) is 11.5 Å². The zero-order valence-corrected chi connectivity index (χ0v) is 23.0. The molecule has 0 spiro atoms. The highest BCUT2D eigenvalue weighted by Gasteiger charge is 2.08. The molecule has 0 fully saturated rings. The fraction of sp³-hybridized carbons (Fsp3) is 0.241. The number of benzene rings is 2. The van der Waals surface area contributed by atoms with Crippen molar-refractivity contribution >= 4 is 41.1 Å². The lowest BCUT2D eigenvalue weighted by Gasteiger charge is -2.07. The molecule has 1 aromatic heterocycles. The van der Waals surface area contributed by atoms with Crippen molar-refractivity contribution in [2.45, 2.75) is 19.3 Å². The molecular formula is C29H32N4O5S. The monoisotopic (exact) mass is 548 g/mol. The number of esters is 1. The van der Waals surface area contributed by atoms with Crippen LogP contribution in [0.2, 0.25) is 0 Å². The minimum atomic E-state index is -0.609. The molecule has 2 amide bonds. The number of nitrogens with one attached hydrogen (secondary N) is 1. The molecule has 0 saturated heterocycles. The molecule has 0 aliphatic rings. The summed E-state index contributed by atoms with van der Waals surface area (Å²) >= 11 is 1.81. The second-order valence-corrected chi connectivity index (χ2v) is 9.05. The summed E-state index contributed by atoms with van der Waals surface area (Å²) in [4.78, 5) is 38.2. The van der Waals surface area contributed by atoms with Crippen molar-refractivity contribution in [3.8, 4) is 17.6 Å². The first-order valence-electron chi connectivity index (χ1n) is 12.0. The molecular weight excluding hydrogens is 516 g/mol. The van der Waals surface area contributed by atoms with Crippen LogP contribution in [0.1, 0.15) is 51.1 Å². The van der Waals surface area contributed by atoms with Crippen molar-refractivity contribution in [1.29, 1.82) is 0 Å². The van der Waals surface area contributed by atoms with Crippen LogP contribution in [0, 0.1) is 11.8 Å². The highest BCUT2D eigenvalue weighted by Crippen LogP contribution is 2.16. The topological polar surface area (TPSA) is 147 Å². The summed E-state index contributed by atoms with van der Waals surface area (Å²) in [7, 11) is 2.97. The van der Waals surface area contributed by atoms with Crippen LogP contribution in [0.3, 0.4) is 0 Å². The van der Waals surface area contributed by atoms with Gasteiger partial charge in [0.2, 0.25) is 5.91 Å². The number of thioether (sulfide) groups is 1. The normalized spacial score (nSPS) is 9.72. The lowest BCUT2D eigenvalue weighted by atomic mass is 10.1. The number of nitrogen functional groups attached to an aromatic ring is 1. The van der Waals surface area contributed by atoms with Gasteiger partial charge < -0.3 is 26.3 Å². The van der Waals surface area contributed by atoms with Crippen LogP contribution >= 0.6 is 11.8 Å². The number of primary amides is 1. The van der Waals surface area contributed by atoms with Gasteiger partial charge in [0, 0.05) is 29.4 Å². The van der Waals surface area contributed by atoms with Crippen molar-refractivity contribution in [2.24, 2.45) is 5.73 Å². The van der Waals surface area contributed by atoms with Crippen molar-refractivity contribution in [1.82, 2.24) is 4.98 Å². The molecule has 3 rings (SSSR count). The number of nitrogens with two attached hydrogens (primary N) is 2. The quantitative estimate of drug-likeness (QED) is 0.206. The molecule has 9 nitrogen and oxygen atoms in total. The van der Waals surface area contributed by atoms with E-state index in [1.54, 1.807) is 55.6 Å². The summed E-state index contributed by atoms with van der Waals surface area (Å²) in [5.74, 6) is 6.79. The predicted molar refractivity (Wildman–Crippen MR) is 155 cm³/mol. The summed E-state index contributed by atoms with van der Waals surface area (Å²) < 4.78 is 9.62. The summed E-state index contributed by atoms with van der Waals surface area (Å²) in [6.07, 6.45) is 6.00. The Morgan fingerprint density at radius 2 is 1.77 bits per heavy atom. The smallest absolute Gasteiger partial charge is 0.305 e. The summed E-state index contributed by atoms with van der Waals surface area (Å²) in [5, 5.41) is 2.82. The van der Waals surface area contributed by atoms with Gasteiger partial charge in [-0.05, 0) is 67.3 Å². The fourth-order valence-electron chi connectivity index (χ4n) is 3.11. The molecule has 0 bridgehead atoms. The number of hydrogen-bond donors (Lipinski definition) is 3. The Labute approximate surface area is 232 Å². The lowest BCUT2D eigenvalue weighted by Crippen LogP contribution is -2.12. The maximum atomic E-state index is 12.4. The van der Waals surface area contributed by atoms with E-state index in [-0.39, 0.29) is 23.3 Å². The number of hydrogen-bond acceptors (Lipinski definition) is 8. The van der Waals surface area contributed by atoms with Crippen LogP contribution in [0.5, 0.6) is 5.75 Å². The third kappa shape index (κ3) is 10.8. The van der Waals surface area contributed by atoms with E-state index in [1.807, 2.05) is 11.8 Å². The molecule has 0 aliphatic carbocycles. The molecule has 0 atom stereocenters. The van der Waals surface area contributed by atoms with Crippen LogP contribution in [-0.4, -0.2) is 49.0 Å². The largest absolute Gasteiger partial charge is 0.497 e. The Balaban J connectivity index is 0.000000455. The van der Waals surface area contributed by atoms with Gasteiger partial charge in [0.1, 0.15) is 11.6 Å². The Kier molecular flexibility index (Phi) is 12.9. The van der Waals surface area contributed by atoms with E-state index in [1.165, 1.54) is 19.4 Å². The summed E-state index contributed by atoms with van der Waals surface area (Å²) in [6, 6.07) is 15.4. The Bertz CT molecular complexity index is 1350. The molecule has 10 heteroatoms. The van der Waals surface area contributed by atoms with Gasteiger partial charge in [-0.25, -0.2) is 4.98 Å². The van der Waals surface area contributed by atoms with E-state index < -0.39 is 5.91 Å². The van der Waals surface area contributed by atoms with Gasteiger partial charge in [0.25, 0.3) is 5.91 Å². The highest BCUT2D eigenvalue weighted by atomic mass is 32.2. The molecule has 0 aliphatic heterocycles. The number of ether oxygens (including phenoxy) is 2. The van der Waals surface area contributed by atoms with Gasteiger partial charge in [-0.15, -0.1) is 0 Å². The number of rotatable bonds is 9. The Morgan fingerprint density at radius 1 is 1.00 bits per heavy atom. The zero-order chi connectivity index (χ0) is 28.6. The molecule has 5 N–H and O–H groups in total. The van der Waals surface area contributed by atoms with Gasteiger partial charge in [0.15, 0.2) is 0 Å². The van der Waals surface area contributed by atoms with Crippen LogP contribution < -0.4 is 21.5 Å². The number of methoxy groups -OCH3 is 2. The van der Waals surface area contributed by atoms with Gasteiger partial charge in [-0.2, -0.15) is 11.8 Å². The van der Waals surface area contributed by atoms with Gasteiger partial charge >= 0.3 is 5.97 Å². The molecule has 1 heterocycles. The van der Waals surface area contributed by atoms with Gasteiger partial charge in [-0.1, -0.05) is 24.0 Å². The number of unbranched alkanes of at least 4 members (excludes halogenated alkanes) is 1. The second kappa shape index (κ2) is 16.4. The van der Waals surface area contributed by atoms with Crippen molar-refractivity contribution in [3.63, 3.8) is 0 Å². The lowest BCUT2D eigenvalue weighted by molar-refractivity contribution is -0.140. The van der Waals surface area contributed by atoms with Crippen LogP contribution in [0.15, 0.2) is 60.8 Å². The maximum Gasteiger partial charge on any atom is 0.305 e. The van der Waals surface area contributed by atoms with E-state index in [4.69, 9.17) is 16.2 Å². The van der Waals surface area contributed by atoms with Crippen molar-refractivity contribution in [2.75, 3.05) is 37.3 Å². The van der Waals surface area contributed by atoms with E-state index >= 15 is 0 Å². The molecule has 2 aromatic carbocycles. The fourth-order valence-corrected chi connectivity index (χ4v) is 3.60. The van der Waals surface area contributed by atoms with Gasteiger partial charge in [-0.3, -0.25) is 14.4 Å². The average Bonchev–Trinajstić information content (AvgIpc) is 2.95. The summed E-state index contributed by atoms with van der Waals surface area (Å²) in [5.41, 5.74) is 13.4. The standard InChI is InChI=1S/C22H18N4O3.C7H14O2S/c1-29-19-7-3-5-16(12-19)22(28)26-18-6-2-4-14(10-18)8-9-15-11-17(21(24)27)13-25-20(15)23;1-9-7(8)5-3-4-6-10-2/h2-7,10-13H,1H3,(H2,23,25)(H2,24,27)(H,26,28);3-6H2,1-2H3. The zero-order valence-electron chi connectivity index (χ0n) is 22.2. The third-order valence-electron chi connectivity index (χ3n) is 5.20. The summed E-state index contributed by atoms with van der Waals surface area (Å²) in [6.45, 7) is 0. The van der Waals surface area contributed by atoms with E-state index in [2.05, 4.69) is 33.1 Å². The second-order valence-electron chi connectivity index (χ2n) is 8.06. The third-order valence-corrected chi connectivity index (χ3v) is 5.90. The van der Waals surface area contributed by atoms with Crippen molar-refractivity contribution in [3.05, 3.63) is 83.0 Å². The molecule has 0 unspecified atom stereocenters. The Morgan fingerprint density at radius 3 is 2.46 bits per heavy atom. The molecule has 0 saturated carbocycles. The maximum absolute atomic E-state index is 12.4. The van der Waals surface area contributed by atoms with Crippen LogP contribution in [-0.2, 0) is 9.53 Å². The minimum Gasteiger partial charge on any atom is -0.497 e. The number of carbonyl (C=O) groups excluding carboxylic acids is 3. The highest BCUT2D eigenvalue weighted by molar-refractivity contribution is 7.98. The number of amides is 2.